The van der Waals surface area contributed by atoms with Gasteiger partial charge in [0.1, 0.15) is 17.7 Å². The van der Waals surface area contributed by atoms with Crippen LogP contribution in [0.3, 0.4) is 0 Å². The number of alkyl halides is 1. The first kappa shape index (κ1) is 18.5. The monoisotopic (exact) mass is 385 g/mol. The lowest BCUT2D eigenvalue weighted by Crippen LogP contribution is -2.48. The van der Waals surface area contributed by atoms with E-state index in [-0.39, 0.29) is 36.5 Å². The highest BCUT2D eigenvalue weighted by molar-refractivity contribution is 6.01. The minimum Gasteiger partial charge on any atom is -0.348 e. The Labute approximate surface area is 161 Å². The standard InChI is InChI=1S/C21H21F2N3O2/c22-14-5-3-7-16(11-14)26-13-18(23)21(20(26)28)9-4-6-15(12-21)25-19(27)17-8-1-2-10-24-17/h1-3,5,7-8,10-11,15,18H,4,6,9,12-13H2,(H,25,27). The first-order valence-corrected chi connectivity index (χ1v) is 9.43. The van der Waals surface area contributed by atoms with Gasteiger partial charge in [-0.3, -0.25) is 14.6 Å². The number of carbonyl (C=O) groups excluding carboxylic acids is 2. The fourth-order valence-electron chi connectivity index (χ4n) is 4.35. The van der Waals surface area contributed by atoms with Crippen molar-refractivity contribution in [3.63, 3.8) is 0 Å². The topological polar surface area (TPSA) is 62.3 Å². The van der Waals surface area contributed by atoms with Crippen molar-refractivity contribution in [3.8, 4) is 0 Å². The summed E-state index contributed by atoms with van der Waals surface area (Å²) in [5.74, 6) is -1.13. The molecule has 5 nitrogen and oxygen atoms in total. The van der Waals surface area contributed by atoms with Crippen LogP contribution in [0.4, 0.5) is 14.5 Å². The van der Waals surface area contributed by atoms with Crippen LogP contribution in [0.1, 0.15) is 36.2 Å². The third-order valence-electron chi connectivity index (χ3n) is 5.75. The summed E-state index contributed by atoms with van der Waals surface area (Å²) in [5, 5.41) is 2.89. The van der Waals surface area contributed by atoms with Crippen LogP contribution < -0.4 is 10.2 Å². The zero-order valence-electron chi connectivity index (χ0n) is 15.3. The van der Waals surface area contributed by atoms with Crippen molar-refractivity contribution in [2.24, 2.45) is 5.41 Å². The molecule has 2 fully saturated rings. The van der Waals surface area contributed by atoms with Crippen LogP contribution in [-0.4, -0.2) is 35.6 Å². The number of rotatable bonds is 3. The maximum Gasteiger partial charge on any atom is 0.270 e. The van der Waals surface area contributed by atoms with Crippen molar-refractivity contribution in [3.05, 3.63) is 60.2 Å². The van der Waals surface area contributed by atoms with Crippen LogP contribution in [0.5, 0.6) is 0 Å². The van der Waals surface area contributed by atoms with Gasteiger partial charge < -0.3 is 10.2 Å². The minimum atomic E-state index is -1.36. The number of aromatic nitrogens is 1. The molecule has 3 atom stereocenters. The smallest absolute Gasteiger partial charge is 0.270 e. The zero-order valence-corrected chi connectivity index (χ0v) is 15.3. The van der Waals surface area contributed by atoms with E-state index in [9.17, 15) is 14.0 Å². The minimum absolute atomic E-state index is 0.0941. The van der Waals surface area contributed by atoms with Crippen LogP contribution in [0.2, 0.25) is 0 Å². The van der Waals surface area contributed by atoms with E-state index in [0.29, 0.717) is 24.9 Å². The highest BCUT2D eigenvalue weighted by atomic mass is 19.1. The van der Waals surface area contributed by atoms with Crippen LogP contribution >= 0.6 is 0 Å². The molecular formula is C21H21F2N3O2. The molecular weight excluding hydrogens is 364 g/mol. The molecule has 2 heterocycles. The molecule has 0 radical (unpaired) electrons. The maximum atomic E-state index is 15.1. The summed E-state index contributed by atoms with van der Waals surface area (Å²) in [6.45, 7) is -0.0941. The molecule has 4 rings (SSSR count). The van der Waals surface area contributed by atoms with Crippen molar-refractivity contribution >= 4 is 17.5 Å². The second kappa shape index (κ2) is 7.30. The number of pyridine rings is 1. The van der Waals surface area contributed by atoms with Gasteiger partial charge in [-0.1, -0.05) is 18.6 Å². The molecule has 2 aliphatic rings. The Morgan fingerprint density at radius 1 is 1.25 bits per heavy atom. The predicted octanol–water partition coefficient (Wildman–Crippen LogP) is 3.26. The lowest BCUT2D eigenvalue weighted by molar-refractivity contribution is -0.129. The molecule has 28 heavy (non-hydrogen) atoms. The van der Waals surface area contributed by atoms with E-state index >= 15 is 4.39 Å². The van der Waals surface area contributed by atoms with Gasteiger partial charge >= 0.3 is 0 Å². The van der Waals surface area contributed by atoms with E-state index in [1.54, 1.807) is 24.3 Å². The Balaban J connectivity index is 1.52. The first-order valence-electron chi connectivity index (χ1n) is 9.43. The largest absolute Gasteiger partial charge is 0.348 e. The van der Waals surface area contributed by atoms with Gasteiger partial charge in [-0.25, -0.2) is 8.78 Å². The highest BCUT2D eigenvalue weighted by Gasteiger charge is 2.56. The van der Waals surface area contributed by atoms with E-state index in [2.05, 4.69) is 10.3 Å². The van der Waals surface area contributed by atoms with Gasteiger partial charge in [0.05, 0.1) is 12.0 Å². The first-order chi connectivity index (χ1) is 13.5. The Kier molecular flexibility index (Phi) is 4.83. The third kappa shape index (κ3) is 3.25. The SMILES string of the molecule is O=C(NC1CCCC2(C1)C(=O)N(c1cccc(F)c1)CC2F)c1ccccn1. The number of halogens is 2. The molecule has 1 aromatic heterocycles. The molecule has 1 aromatic carbocycles. The molecule has 146 valence electrons. The number of nitrogens with zero attached hydrogens (tertiary/aromatic N) is 2. The van der Waals surface area contributed by atoms with Crippen molar-refractivity contribution < 1.29 is 18.4 Å². The summed E-state index contributed by atoms with van der Waals surface area (Å²) >= 11 is 0. The quantitative estimate of drug-likeness (QED) is 0.882. The van der Waals surface area contributed by atoms with Gasteiger partial charge in [-0.15, -0.1) is 0 Å². The summed E-state index contributed by atoms with van der Waals surface area (Å²) in [6.07, 6.45) is 2.15. The normalized spacial score (nSPS) is 27.2. The van der Waals surface area contributed by atoms with Crippen LogP contribution in [0, 0.1) is 11.2 Å². The van der Waals surface area contributed by atoms with Crippen molar-refractivity contribution in [2.45, 2.75) is 37.9 Å². The molecule has 0 bridgehead atoms. The number of nitrogens with one attached hydrogen (secondary N) is 1. The molecule has 1 saturated heterocycles. The van der Waals surface area contributed by atoms with E-state index in [1.165, 1.54) is 29.3 Å². The fourth-order valence-corrected chi connectivity index (χ4v) is 4.35. The summed E-state index contributed by atoms with van der Waals surface area (Å²) in [5.41, 5.74) is -0.519. The summed E-state index contributed by atoms with van der Waals surface area (Å²) in [7, 11) is 0. The highest BCUT2D eigenvalue weighted by Crippen LogP contribution is 2.47. The Bertz CT molecular complexity index is 892. The number of amides is 2. The van der Waals surface area contributed by atoms with Crippen LogP contribution in [0.25, 0.3) is 0 Å². The number of anilines is 1. The molecule has 7 heteroatoms. The fraction of sp³-hybridized carbons (Fsp3) is 0.381. The lowest BCUT2D eigenvalue weighted by Gasteiger charge is -2.37. The lowest BCUT2D eigenvalue weighted by atomic mass is 9.70. The molecule has 1 aliphatic heterocycles. The molecule has 1 N–H and O–H groups in total. The van der Waals surface area contributed by atoms with E-state index in [1.807, 2.05) is 0 Å². The number of hydrogen-bond donors (Lipinski definition) is 1. The van der Waals surface area contributed by atoms with Gasteiger partial charge in [0, 0.05) is 17.9 Å². The van der Waals surface area contributed by atoms with Crippen LogP contribution in [0.15, 0.2) is 48.7 Å². The Hall–Kier alpha value is -2.83. The number of carbonyl (C=O) groups is 2. The number of hydrogen-bond acceptors (Lipinski definition) is 3. The van der Waals surface area contributed by atoms with Gasteiger partial charge in [0.25, 0.3) is 5.91 Å². The van der Waals surface area contributed by atoms with Gasteiger partial charge in [-0.2, -0.15) is 0 Å². The van der Waals surface area contributed by atoms with Crippen molar-refractivity contribution in [1.29, 1.82) is 0 Å². The van der Waals surface area contributed by atoms with Gasteiger partial charge in [0.15, 0.2) is 0 Å². The maximum absolute atomic E-state index is 15.1. The summed E-state index contributed by atoms with van der Waals surface area (Å²) in [6, 6.07) is 10.4. The van der Waals surface area contributed by atoms with Crippen LogP contribution in [-0.2, 0) is 4.79 Å². The van der Waals surface area contributed by atoms with Crippen molar-refractivity contribution in [2.75, 3.05) is 11.4 Å². The zero-order chi connectivity index (χ0) is 19.7. The molecule has 1 spiro atoms. The molecule has 1 saturated carbocycles. The Morgan fingerprint density at radius 3 is 2.86 bits per heavy atom. The average molecular weight is 385 g/mol. The predicted molar refractivity (Wildman–Crippen MR) is 100 cm³/mol. The molecule has 1 aliphatic carbocycles. The van der Waals surface area contributed by atoms with E-state index < -0.39 is 17.4 Å². The number of benzene rings is 1. The Morgan fingerprint density at radius 2 is 2.11 bits per heavy atom. The molecule has 2 amide bonds. The average Bonchev–Trinajstić information content (AvgIpc) is 2.93. The second-order valence-corrected chi connectivity index (χ2v) is 7.50. The molecule has 3 unspecified atom stereocenters. The summed E-state index contributed by atoms with van der Waals surface area (Å²) < 4.78 is 28.7. The second-order valence-electron chi connectivity index (χ2n) is 7.50. The van der Waals surface area contributed by atoms with Crippen molar-refractivity contribution in [1.82, 2.24) is 10.3 Å². The molecule has 2 aromatic rings. The van der Waals surface area contributed by atoms with Gasteiger partial charge in [-0.05, 0) is 49.6 Å². The third-order valence-corrected chi connectivity index (χ3v) is 5.75. The van der Waals surface area contributed by atoms with E-state index in [0.717, 1.165) is 0 Å². The van der Waals surface area contributed by atoms with E-state index in [4.69, 9.17) is 0 Å². The van der Waals surface area contributed by atoms with Gasteiger partial charge in [0.2, 0.25) is 5.91 Å². The summed E-state index contributed by atoms with van der Waals surface area (Å²) in [4.78, 5) is 30.9.